The number of fused-ring (bicyclic) bond motifs is 1. The summed E-state index contributed by atoms with van der Waals surface area (Å²) in [6.07, 6.45) is 5.05. The first-order valence-electron chi connectivity index (χ1n) is 8.98. The van der Waals surface area contributed by atoms with Crippen molar-refractivity contribution in [3.8, 4) is 5.75 Å². The first-order valence-corrected chi connectivity index (χ1v) is 8.98. The molecule has 0 spiro atoms. The average molecular weight is 332 g/mol. The Bertz CT molecular complexity index is 642. The van der Waals surface area contributed by atoms with Crippen LogP contribution in [-0.4, -0.2) is 58.0 Å². The fraction of sp³-hybridized carbons (Fsp3) is 0.579. The van der Waals surface area contributed by atoms with Gasteiger partial charge in [0.25, 0.3) is 0 Å². The Morgan fingerprint density at radius 3 is 3.00 bits per heavy atom. The molecule has 5 heteroatoms. The van der Waals surface area contributed by atoms with Gasteiger partial charge in [0.1, 0.15) is 18.5 Å². The van der Waals surface area contributed by atoms with Crippen molar-refractivity contribution in [1.82, 2.24) is 9.88 Å². The molecule has 2 aromatic rings. The molecule has 0 aliphatic carbocycles. The summed E-state index contributed by atoms with van der Waals surface area (Å²) in [6.45, 7) is 3.75. The van der Waals surface area contributed by atoms with Crippen molar-refractivity contribution in [2.75, 3.05) is 19.7 Å². The smallest absolute Gasteiger partial charge is 0.128 e. The van der Waals surface area contributed by atoms with Gasteiger partial charge in [-0.05, 0) is 44.0 Å². The molecule has 3 atom stereocenters. The van der Waals surface area contributed by atoms with Crippen LogP contribution in [0.2, 0.25) is 0 Å². The van der Waals surface area contributed by atoms with Crippen LogP contribution in [0.4, 0.5) is 0 Å². The number of β-amino-alcohol motifs (C(OH)–C–C–N with tert-alkyl or cyclic N) is 1. The number of aliphatic hydroxyl groups excluding tert-OH is 2. The van der Waals surface area contributed by atoms with Gasteiger partial charge in [0, 0.05) is 29.7 Å². The molecule has 0 bridgehead atoms. The third kappa shape index (κ3) is 3.91. The lowest BCUT2D eigenvalue weighted by Crippen LogP contribution is -2.50. The van der Waals surface area contributed by atoms with E-state index in [0.29, 0.717) is 6.54 Å². The van der Waals surface area contributed by atoms with Gasteiger partial charge in [-0.2, -0.15) is 0 Å². The molecule has 0 saturated carbocycles. The van der Waals surface area contributed by atoms with Crippen LogP contribution < -0.4 is 4.74 Å². The summed E-state index contributed by atoms with van der Waals surface area (Å²) < 4.78 is 5.84. The van der Waals surface area contributed by atoms with Gasteiger partial charge in [0.2, 0.25) is 0 Å². The summed E-state index contributed by atoms with van der Waals surface area (Å²) in [6, 6.07) is 8.01. The van der Waals surface area contributed by atoms with E-state index < -0.39 is 6.10 Å². The molecule has 1 aromatic heterocycles. The number of nitrogens with zero attached hydrogens (tertiary/aromatic N) is 1. The van der Waals surface area contributed by atoms with Crippen LogP contribution in [0, 0.1) is 0 Å². The van der Waals surface area contributed by atoms with Crippen LogP contribution in [0.3, 0.4) is 0 Å². The first-order chi connectivity index (χ1) is 11.7. The van der Waals surface area contributed by atoms with E-state index in [2.05, 4.69) is 9.88 Å². The Morgan fingerprint density at radius 1 is 1.29 bits per heavy atom. The highest BCUT2D eigenvalue weighted by atomic mass is 16.5. The van der Waals surface area contributed by atoms with Gasteiger partial charge < -0.3 is 19.9 Å². The maximum Gasteiger partial charge on any atom is 0.128 e. The number of likely N-dealkylation sites (tertiary alicyclic amines) is 1. The van der Waals surface area contributed by atoms with Crippen LogP contribution in [0.5, 0.6) is 5.75 Å². The molecule has 1 aromatic carbocycles. The van der Waals surface area contributed by atoms with Crippen molar-refractivity contribution < 1.29 is 14.9 Å². The second-order valence-electron chi connectivity index (χ2n) is 6.69. The Hall–Kier alpha value is -1.56. The van der Waals surface area contributed by atoms with Crippen molar-refractivity contribution in [3.63, 3.8) is 0 Å². The zero-order chi connectivity index (χ0) is 16.9. The van der Waals surface area contributed by atoms with E-state index in [1.165, 1.54) is 0 Å². The van der Waals surface area contributed by atoms with Gasteiger partial charge in [0.05, 0.1) is 6.10 Å². The lowest BCUT2D eigenvalue weighted by Gasteiger charge is -2.39. The molecule has 0 radical (unpaired) electrons. The number of aromatic nitrogens is 1. The molecule has 1 aliphatic rings. The molecule has 24 heavy (non-hydrogen) atoms. The number of aromatic amines is 1. The fourth-order valence-corrected chi connectivity index (χ4v) is 3.64. The molecular weight excluding hydrogens is 304 g/mol. The highest BCUT2D eigenvalue weighted by molar-refractivity contribution is 5.85. The van der Waals surface area contributed by atoms with E-state index in [4.69, 9.17) is 4.74 Å². The van der Waals surface area contributed by atoms with Crippen LogP contribution in [0.1, 0.15) is 32.6 Å². The molecule has 1 aliphatic heterocycles. The second kappa shape index (κ2) is 8.01. The summed E-state index contributed by atoms with van der Waals surface area (Å²) in [5.41, 5.74) is 1.03. The molecule has 132 valence electrons. The van der Waals surface area contributed by atoms with Gasteiger partial charge in [-0.15, -0.1) is 0 Å². The summed E-state index contributed by atoms with van der Waals surface area (Å²) >= 11 is 0. The van der Waals surface area contributed by atoms with Crippen molar-refractivity contribution in [1.29, 1.82) is 0 Å². The van der Waals surface area contributed by atoms with Crippen LogP contribution in [-0.2, 0) is 0 Å². The molecule has 2 heterocycles. The number of ether oxygens (including phenoxy) is 1. The molecule has 3 unspecified atom stereocenters. The van der Waals surface area contributed by atoms with Crippen molar-refractivity contribution in [3.05, 3.63) is 30.5 Å². The maximum atomic E-state index is 10.4. The van der Waals surface area contributed by atoms with E-state index >= 15 is 0 Å². The van der Waals surface area contributed by atoms with Crippen molar-refractivity contribution >= 4 is 10.9 Å². The zero-order valence-corrected chi connectivity index (χ0v) is 14.3. The number of piperidine rings is 1. The average Bonchev–Trinajstić information content (AvgIpc) is 3.09. The molecule has 1 fully saturated rings. The van der Waals surface area contributed by atoms with Gasteiger partial charge >= 0.3 is 0 Å². The minimum absolute atomic E-state index is 0.159. The molecule has 5 nitrogen and oxygen atoms in total. The standard InChI is InChI=1S/C19H28N2O3/c1-2-18(23)17-7-3-4-11-21(17)12-14(22)13-24-19-8-5-6-16-15(19)9-10-20-16/h5-6,8-10,14,17-18,20,22-23H,2-4,7,11-13H2,1H3. The van der Waals surface area contributed by atoms with Gasteiger partial charge in [0.15, 0.2) is 0 Å². The Kier molecular flexibility index (Phi) is 5.76. The van der Waals surface area contributed by atoms with E-state index in [1.807, 2.05) is 37.4 Å². The summed E-state index contributed by atoms with van der Waals surface area (Å²) in [5, 5.41) is 21.6. The Morgan fingerprint density at radius 2 is 2.17 bits per heavy atom. The highest BCUT2D eigenvalue weighted by Crippen LogP contribution is 2.25. The lowest BCUT2D eigenvalue weighted by molar-refractivity contribution is -0.00988. The second-order valence-corrected chi connectivity index (χ2v) is 6.69. The highest BCUT2D eigenvalue weighted by Gasteiger charge is 2.29. The summed E-state index contributed by atoms with van der Waals surface area (Å²) in [4.78, 5) is 5.38. The number of hydrogen-bond acceptors (Lipinski definition) is 4. The van der Waals surface area contributed by atoms with Gasteiger partial charge in [-0.3, -0.25) is 4.90 Å². The van der Waals surface area contributed by atoms with Crippen LogP contribution in [0.15, 0.2) is 30.5 Å². The minimum Gasteiger partial charge on any atom is -0.490 e. The number of hydrogen-bond donors (Lipinski definition) is 3. The summed E-state index contributed by atoms with van der Waals surface area (Å²) in [5.74, 6) is 0.789. The SMILES string of the molecule is CCC(O)C1CCCCN1CC(O)COc1cccc2[nH]ccc12. The number of benzene rings is 1. The maximum absolute atomic E-state index is 10.4. The van der Waals surface area contributed by atoms with Gasteiger partial charge in [-0.25, -0.2) is 0 Å². The Balaban J connectivity index is 1.56. The number of rotatable bonds is 7. The quantitative estimate of drug-likeness (QED) is 0.729. The monoisotopic (exact) mass is 332 g/mol. The van der Waals surface area contributed by atoms with Crippen molar-refractivity contribution in [2.24, 2.45) is 0 Å². The van der Waals surface area contributed by atoms with Crippen LogP contribution in [0.25, 0.3) is 10.9 Å². The molecule has 0 amide bonds. The topological polar surface area (TPSA) is 68.7 Å². The third-order valence-corrected chi connectivity index (χ3v) is 4.96. The predicted molar refractivity (Wildman–Crippen MR) is 95.3 cm³/mol. The number of aliphatic hydroxyl groups is 2. The zero-order valence-electron chi connectivity index (χ0n) is 14.3. The minimum atomic E-state index is -0.566. The van der Waals surface area contributed by atoms with E-state index in [1.54, 1.807) is 0 Å². The molecule has 3 rings (SSSR count). The van der Waals surface area contributed by atoms with E-state index in [0.717, 1.165) is 48.9 Å². The van der Waals surface area contributed by atoms with E-state index in [9.17, 15) is 10.2 Å². The summed E-state index contributed by atoms with van der Waals surface area (Å²) in [7, 11) is 0. The van der Waals surface area contributed by atoms with Crippen molar-refractivity contribution in [2.45, 2.75) is 50.9 Å². The third-order valence-electron chi connectivity index (χ3n) is 4.96. The fourth-order valence-electron chi connectivity index (χ4n) is 3.64. The van der Waals surface area contributed by atoms with E-state index in [-0.39, 0.29) is 18.8 Å². The van der Waals surface area contributed by atoms with Crippen LogP contribution >= 0.6 is 0 Å². The number of H-pyrrole nitrogens is 1. The Labute approximate surface area is 143 Å². The number of nitrogens with one attached hydrogen (secondary N) is 1. The van der Waals surface area contributed by atoms with Gasteiger partial charge in [-0.1, -0.05) is 19.4 Å². The molecular formula is C19H28N2O3. The molecule has 3 N–H and O–H groups in total. The molecule has 1 saturated heterocycles. The normalized spacial score (nSPS) is 21.7. The lowest BCUT2D eigenvalue weighted by atomic mass is 9.95. The largest absolute Gasteiger partial charge is 0.490 e. The predicted octanol–water partition coefficient (Wildman–Crippen LogP) is 2.53. The first kappa shape index (κ1) is 17.3.